The van der Waals surface area contributed by atoms with Crippen molar-refractivity contribution in [1.82, 2.24) is 9.13 Å². The molecule has 0 N–H and O–H groups in total. The number of aromatic nitrogens is 2. The molecule has 0 radical (unpaired) electrons. The summed E-state index contributed by atoms with van der Waals surface area (Å²) in [6.07, 6.45) is 1.04. The number of diazo groups is 1. The molecule has 2 aromatic heterocycles. The maximum absolute atomic E-state index is 11.8. The standard InChI is InChI=1S/C11H9N7O5/c1-16-9(8(14-12)10(19)17(2)11(16)20)15-13-5-6-3-4-7(23-6)18(21)22/h3-5H,1-2H3/b13-5+. The van der Waals surface area contributed by atoms with Crippen LogP contribution in [0.1, 0.15) is 5.76 Å². The molecule has 0 spiro atoms. The number of hydrogen-bond donors (Lipinski definition) is 0. The number of rotatable bonds is 3. The lowest BCUT2D eigenvalue weighted by Gasteiger charge is -2.09. The molecule has 2 heterocycles. The van der Waals surface area contributed by atoms with E-state index in [4.69, 9.17) is 9.81 Å². The molecule has 0 aliphatic rings. The van der Waals surface area contributed by atoms with Crippen molar-refractivity contribution in [3.05, 3.63) is 49.0 Å². The van der Waals surface area contributed by atoms with Crippen molar-refractivity contribution in [3.63, 3.8) is 0 Å². The first-order valence-electron chi connectivity index (χ1n) is 6.00. The summed E-state index contributed by atoms with van der Waals surface area (Å²) in [5.41, 5.74) is -1.44. The maximum Gasteiger partial charge on any atom is 0.437 e. The highest BCUT2D eigenvalue weighted by atomic mass is 16.6. The second-order valence-electron chi connectivity index (χ2n) is 4.26. The van der Waals surface area contributed by atoms with Gasteiger partial charge in [0.25, 0.3) is 5.49 Å². The Morgan fingerprint density at radius 1 is 1.39 bits per heavy atom. The smallest absolute Gasteiger partial charge is 0.437 e. The van der Waals surface area contributed by atoms with Crippen molar-refractivity contribution in [2.45, 2.75) is 0 Å². The third-order valence-electron chi connectivity index (χ3n) is 2.84. The molecule has 2 rings (SSSR count). The van der Waals surface area contributed by atoms with Gasteiger partial charge < -0.3 is 14.1 Å². The largest absolute Gasteiger partial charge is 0.854 e. The fourth-order valence-electron chi connectivity index (χ4n) is 1.67. The molecule has 0 saturated heterocycles. The molecule has 0 atom stereocenters. The normalized spacial score (nSPS) is 11.8. The van der Waals surface area contributed by atoms with Crippen LogP contribution in [0.15, 0.2) is 31.5 Å². The summed E-state index contributed by atoms with van der Waals surface area (Å²) in [5.74, 6) is -1.28. The van der Waals surface area contributed by atoms with Crippen LogP contribution in [0, 0.1) is 15.5 Å². The Hall–Kier alpha value is -3.75. The monoisotopic (exact) mass is 319 g/mol. The number of hydrogen-bond acceptors (Lipinski definition) is 8. The molecule has 118 valence electrons. The van der Waals surface area contributed by atoms with Gasteiger partial charge in [-0.2, -0.15) is 5.10 Å². The van der Waals surface area contributed by atoms with Crippen molar-refractivity contribution in [2.75, 3.05) is 0 Å². The third kappa shape index (κ3) is 2.83. The Balaban J connectivity index is 2.51. The van der Waals surface area contributed by atoms with Crippen molar-refractivity contribution >= 4 is 17.8 Å². The number of nitro groups is 1. The molecule has 0 bridgehead atoms. The van der Waals surface area contributed by atoms with Crippen LogP contribution in [0.2, 0.25) is 0 Å². The Kier molecular flexibility index (Phi) is 4.03. The summed E-state index contributed by atoms with van der Waals surface area (Å²) in [6.45, 7) is 0. The number of nitrogens with zero attached hydrogens (tertiary/aromatic N) is 7. The van der Waals surface area contributed by atoms with Gasteiger partial charge in [-0.05, 0) is 6.07 Å². The van der Waals surface area contributed by atoms with Crippen LogP contribution in [0.4, 0.5) is 11.6 Å². The lowest BCUT2D eigenvalue weighted by Crippen LogP contribution is -2.38. The second-order valence-corrected chi connectivity index (χ2v) is 4.26. The van der Waals surface area contributed by atoms with Crippen molar-refractivity contribution < 1.29 is 14.4 Å². The van der Waals surface area contributed by atoms with Crippen molar-refractivity contribution in [2.24, 2.45) is 24.3 Å². The fourth-order valence-corrected chi connectivity index (χ4v) is 1.67. The zero-order valence-corrected chi connectivity index (χ0v) is 11.9. The predicted octanol–water partition coefficient (Wildman–Crippen LogP) is -0.282. The summed E-state index contributed by atoms with van der Waals surface area (Å²) >= 11 is 0. The first-order chi connectivity index (χ1) is 10.9. The highest BCUT2D eigenvalue weighted by Gasteiger charge is 2.18. The van der Waals surface area contributed by atoms with Gasteiger partial charge in [0, 0.05) is 14.1 Å². The summed E-state index contributed by atoms with van der Waals surface area (Å²) in [4.78, 5) is 24.4. The van der Waals surface area contributed by atoms with Gasteiger partial charge in [0.05, 0.1) is 18.2 Å². The first kappa shape index (κ1) is 15.6. The van der Waals surface area contributed by atoms with Crippen molar-refractivity contribution in [1.29, 1.82) is 5.39 Å². The number of furan rings is 1. The van der Waals surface area contributed by atoms with E-state index in [0.29, 0.717) is 0 Å². The lowest BCUT2D eigenvalue weighted by atomic mass is 10.5. The van der Waals surface area contributed by atoms with Crippen LogP contribution < -0.4 is 16.3 Å². The van der Waals surface area contributed by atoms with Gasteiger partial charge in [-0.25, -0.2) is 4.79 Å². The van der Waals surface area contributed by atoms with Gasteiger partial charge >= 0.3 is 17.3 Å². The van der Waals surface area contributed by atoms with E-state index in [0.717, 1.165) is 21.4 Å². The van der Waals surface area contributed by atoms with E-state index < -0.39 is 28.1 Å². The summed E-state index contributed by atoms with van der Waals surface area (Å²) in [7, 11) is 2.52. The Morgan fingerprint density at radius 2 is 2.09 bits per heavy atom. The summed E-state index contributed by atoms with van der Waals surface area (Å²) in [5, 5.41) is 38.4. The first-order valence-corrected chi connectivity index (χ1v) is 6.00. The average molecular weight is 319 g/mol. The second kappa shape index (κ2) is 5.93. The Labute approximate surface area is 127 Å². The Bertz CT molecular complexity index is 972. The molecule has 0 unspecified atom stereocenters. The van der Waals surface area contributed by atoms with E-state index in [-0.39, 0.29) is 11.2 Å². The lowest BCUT2D eigenvalue weighted by molar-refractivity contribution is -0.402. The summed E-state index contributed by atoms with van der Waals surface area (Å²) < 4.78 is 6.52. The quantitative estimate of drug-likeness (QED) is 0.327. The molecule has 0 aromatic carbocycles. The van der Waals surface area contributed by atoms with E-state index in [1.165, 1.54) is 20.2 Å². The van der Waals surface area contributed by atoms with Crippen molar-refractivity contribution in [3.8, 4) is 5.88 Å². The van der Waals surface area contributed by atoms with E-state index >= 15 is 0 Å². The molecular formula is C11H9N7O5. The van der Waals surface area contributed by atoms with Crippen LogP contribution in [0.5, 0.6) is 5.88 Å². The van der Waals surface area contributed by atoms with Gasteiger partial charge in [0.2, 0.25) is 5.39 Å². The maximum atomic E-state index is 11.8. The minimum atomic E-state index is -0.849. The van der Waals surface area contributed by atoms with Gasteiger partial charge in [-0.1, -0.05) is 0 Å². The van der Waals surface area contributed by atoms with Crippen LogP contribution in [0.25, 0.3) is 4.98 Å². The molecule has 0 fully saturated rings. The molecular weight excluding hydrogens is 310 g/mol. The van der Waals surface area contributed by atoms with Gasteiger partial charge in [-0.3, -0.25) is 14.7 Å². The Morgan fingerprint density at radius 3 is 2.65 bits per heavy atom. The minimum absolute atomic E-state index is 0.0387. The minimum Gasteiger partial charge on any atom is -0.854 e. The van der Waals surface area contributed by atoms with Crippen LogP contribution >= 0.6 is 0 Å². The van der Waals surface area contributed by atoms with E-state index in [1.807, 2.05) is 0 Å². The third-order valence-corrected chi connectivity index (χ3v) is 2.84. The highest BCUT2D eigenvalue weighted by Crippen LogP contribution is 2.15. The van der Waals surface area contributed by atoms with Crippen LogP contribution in [0.3, 0.4) is 0 Å². The summed E-state index contributed by atoms with van der Waals surface area (Å²) in [6, 6.07) is 2.42. The molecule has 23 heavy (non-hydrogen) atoms. The zero-order chi connectivity index (χ0) is 17.1. The molecule has 0 aliphatic carbocycles. The topological polar surface area (TPSA) is 159 Å². The predicted molar refractivity (Wildman–Crippen MR) is 73.4 cm³/mol. The molecule has 12 nitrogen and oxygen atoms in total. The van der Waals surface area contributed by atoms with E-state index in [9.17, 15) is 20.0 Å². The zero-order valence-electron chi connectivity index (χ0n) is 11.9. The molecule has 0 amide bonds. The molecule has 12 heteroatoms. The van der Waals surface area contributed by atoms with Gasteiger partial charge in [0.15, 0.2) is 10.7 Å². The fraction of sp³-hybridized carbons (Fsp3) is 0.182. The van der Waals surface area contributed by atoms with E-state index in [1.54, 1.807) is 0 Å². The molecule has 0 saturated carbocycles. The molecule has 2 aromatic rings. The van der Waals surface area contributed by atoms with Crippen LogP contribution in [-0.2, 0) is 14.1 Å². The van der Waals surface area contributed by atoms with E-state index in [2.05, 4.69) is 15.2 Å². The molecule has 0 aliphatic heterocycles. The average Bonchev–Trinajstić information content (AvgIpc) is 2.99. The SMILES string of the molecule is Cn1c([O-])c([N+]#N)/c(=N/N=C/c2ccc([N+](=O)[O-])o2)n(C)c1=O. The highest BCUT2D eigenvalue weighted by molar-refractivity contribution is 5.76. The van der Waals surface area contributed by atoms with Gasteiger partial charge in [0.1, 0.15) is 4.92 Å². The van der Waals surface area contributed by atoms with Crippen LogP contribution in [-0.4, -0.2) is 20.3 Å². The van der Waals surface area contributed by atoms with Gasteiger partial charge in [-0.15, -0.1) is 5.10 Å².